The van der Waals surface area contributed by atoms with Gasteiger partial charge in [-0.3, -0.25) is 0 Å². The van der Waals surface area contributed by atoms with Gasteiger partial charge in [0.15, 0.2) is 6.21 Å². The molecule has 0 aliphatic carbocycles. The maximum Gasteiger partial charge on any atom is 0.188 e. The van der Waals surface area contributed by atoms with Crippen LogP contribution in [0.5, 0.6) is 0 Å². The smallest absolute Gasteiger partial charge is 0.188 e. The van der Waals surface area contributed by atoms with Gasteiger partial charge in [-0.05, 0) is 0 Å². The Morgan fingerprint density at radius 3 is 3.00 bits per heavy atom. The summed E-state index contributed by atoms with van der Waals surface area (Å²) < 4.78 is 0.847. The second kappa shape index (κ2) is 2.57. The molecule has 0 atom stereocenters. The average molecular weight is 128 g/mol. The Morgan fingerprint density at radius 2 is 2.12 bits per heavy atom. The van der Waals surface area contributed by atoms with Gasteiger partial charge in [-0.25, -0.2) is 0 Å². The second-order valence-electron chi connectivity index (χ2n) is 1.29. The predicted molar refractivity (Wildman–Crippen MR) is 37.0 cm³/mol. The summed E-state index contributed by atoms with van der Waals surface area (Å²) in [4.78, 5) is 0. The van der Waals surface area contributed by atoms with Crippen molar-refractivity contribution in [2.24, 2.45) is 0 Å². The van der Waals surface area contributed by atoms with Crippen LogP contribution in [0.25, 0.3) is 0 Å². The quantitative estimate of drug-likeness (QED) is 0.294. The normalized spacial score (nSPS) is 17.8. The van der Waals surface area contributed by atoms with Gasteiger partial charge >= 0.3 is 0 Å². The lowest BCUT2D eigenvalue weighted by Gasteiger charge is -1.93. The molecule has 1 heterocycles. The largest absolute Gasteiger partial charge is 0.612 e. The molecule has 0 aromatic heterocycles. The molecular weight excluding hydrogens is 122 g/mol. The molecule has 1 aliphatic rings. The molecule has 0 saturated carbocycles. The second-order valence-corrected chi connectivity index (χ2v) is 2.22. The Morgan fingerprint density at radius 1 is 1.25 bits per heavy atom. The highest BCUT2D eigenvalue weighted by Gasteiger charge is 1.85. The van der Waals surface area contributed by atoms with Crippen LogP contribution in [0.1, 0.15) is 0 Å². The molecule has 1 radical (unpaired) electrons. The first-order valence-corrected chi connectivity index (χ1v) is 3.15. The van der Waals surface area contributed by atoms with E-state index in [9.17, 15) is 5.21 Å². The van der Waals surface area contributed by atoms with Crippen LogP contribution in [0.4, 0.5) is 0 Å². The van der Waals surface area contributed by atoms with Crippen molar-refractivity contribution in [2.75, 3.05) is 0 Å². The van der Waals surface area contributed by atoms with Crippen molar-refractivity contribution in [2.45, 2.75) is 0 Å². The molecular formula is C5H6NOS. The Balaban J connectivity index is 2.69. The van der Waals surface area contributed by atoms with Gasteiger partial charge in [0.1, 0.15) is 0 Å². The molecule has 0 aromatic rings. The highest BCUT2D eigenvalue weighted by atomic mass is 32.2. The number of hydrogen-bond acceptors (Lipinski definition) is 1. The maximum atomic E-state index is 10.4. The predicted octanol–water partition coefficient (Wildman–Crippen LogP) is 1.03. The van der Waals surface area contributed by atoms with Crippen LogP contribution in [0.15, 0.2) is 23.6 Å². The van der Waals surface area contributed by atoms with Gasteiger partial charge in [0.05, 0.1) is 11.9 Å². The van der Waals surface area contributed by atoms with E-state index in [-0.39, 0.29) is 0 Å². The zero-order valence-electron chi connectivity index (χ0n) is 4.19. The van der Waals surface area contributed by atoms with Gasteiger partial charge in [-0.15, -0.1) is 4.14 Å². The summed E-state index contributed by atoms with van der Waals surface area (Å²) in [5.41, 5.74) is 0. The van der Waals surface area contributed by atoms with Crippen LogP contribution in [-0.2, 0) is 0 Å². The molecule has 0 bridgehead atoms. The van der Waals surface area contributed by atoms with Crippen LogP contribution in [0, 0.1) is 5.21 Å². The fraction of sp³-hybridized carbons (Fsp3) is 0. The molecule has 0 N–H and O–H groups in total. The summed E-state index contributed by atoms with van der Waals surface area (Å²) >= 11 is 0.683. The fourth-order valence-electron chi connectivity index (χ4n) is 0.380. The molecule has 0 saturated heterocycles. The van der Waals surface area contributed by atoms with Crippen molar-refractivity contribution in [1.29, 1.82) is 0 Å². The average Bonchev–Trinajstić information content (AvgIpc) is 1.94. The minimum absolute atomic E-state index is 0.683. The maximum absolute atomic E-state index is 10.4. The zero-order valence-corrected chi connectivity index (χ0v) is 5.08. The molecule has 1 aliphatic heterocycles. The van der Waals surface area contributed by atoms with Crippen molar-refractivity contribution in [3.8, 4) is 0 Å². The van der Waals surface area contributed by atoms with Crippen LogP contribution < -0.4 is 0 Å². The van der Waals surface area contributed by atoms with Crippen molar-refractivity contribution >= 4 is 18.2 Å². The first kappa shape index (κ1) is 5.44. The zero-order chi connectivity index (χ0) is 5.82. The Hall–Kier alpha value is -0.700. The molecule has 0 aromatic carbocycles. The van der Waals surface area contributed by atoms with Crippen molar-refractivity contribution in [3.63, 3.8) is 0 Å². The van der Waals surface area contributed by atoms with Crippen LogP contribution in [0.3, 0.4) is 0 Å². The van der Waals surface area contributed by atoms with Gasteiger partial charge in [-0.2, -0.15) is 0 Å². The monoisotopic (exact) mass is 128 g/mol. The summed E-state index contributed by atoms with van der Waals surface area (Å²) in [6.45, 7) is 0. The van der Waals surface area contributed by atoms with Gasteiger partial charge < -0.3 is 5.21 Å². The van der Waals surface area contributed by atoms with E-state index in [1.807, 2.05) is 12.2 Å². The van der Waals surface area contributed by atoms with E-state index in [1.165, 1.54) is 6.21 Å². The first-order valence-electron chi connectivity index (χ1n) is 2.23. The van der Waals surface area contributed by atoms with E-state index in [1.54, 1.807) is 11.5 Å². The molecule has 0 unspecified atom stereocenters. The number of nitrogens with zero attached hydrogens (tertiary/aromatic N) is 1. The van der Waals surface area contributed by atoms with Crippen molar-refractivity contribution in [3.05, 3.63) is 28.8 Å². The van der Waals surface area contributed by atoms with Crippen molar-refractivity contribution < 1.29 is 4.14 Å². The van der Waals surface area contributed by atoms with Gasteiger partial charge in [0.2, 0.25) is 0 Å². The van der Waals surface area contributed by atoms with Gasteiger partial charge in [-0.1, -0.05) is 12.2 Å². The third kappa shape index (κ3) is 1.42. The molecule has 8 heavy (non-hydrogen) atoms. The summed E-state index contributed by atoms with van der Waals surface area (Å²) in [5, 5.41) is 12.2. The molecule has 43 valence electrons. The third-order valence-electron chi connectivity index (χ3n) is 0.702. The molecule has 0 fully saturated rings. The van der Waals surface area contributed by atoms with Crippen LogP contribution in [-0.4, -0.2) is 10.4 Å². The Bertz CT molecular complexity index is 160. The highest BCUT2D eigenvalue weighted by molar-refractivity contribution is 7.96. The lowest BCUT2D eigenvalue weighted by Crippen LogP contribution is -1.86. The lowest BCUT2D eigenvalue weighted by atomic mass is 10.5. The van der Waals surface area contributed by atoms with E-state index >= 15 is 0 Å². The summed E-state index contributed by atoms with van der Waals surface area (Å²) in [5.74, 6) is 0. The standard InChI is InChI=1S/C5H6NOS/c7-6-4-2-1-3-5-8-6/h1-5,8H. The minimum Gasteiger partial charge on any atom is -0.612 e. The molecule has 2 nitrogen and oxygen atoms in total. The SMILES string of the molecule is [O-][N+]1=CC=CC=C[SH]1. The Kier molecular flexibility index (Phi) is 1.75. The molecule has 0 spiro atoms. The third-order valence-corrected chi connectivity index (χ3v) is 1.37. The topological polar surface area (TPSA) is 26.1 Å². The molecule has 0 amide bonds. The number of thiol groups is 1. The number of allylic oxidation sites excluding steroid dienone is 3. The van der Waals surface area contributed by atoms with E-state index < -0.39 is 0 Å². The fourth-order valence-corrected chi connectivity index (χ4v) is 0.842. The van der Waals surface area contributed by atoms with Gasteiger partial charge in [0.25, 0.3) is 0 Å². The van der Waals surface area contributed by atoms with E-state index in [0.717, 1.165) is 4.14 Å². The number of rotatable bonds is 0. The summed E-state index contributed by atoms with van der Waals surface area (Å²) in [6.07, 6.45) is 6.87. The van der Waals surface area contributed by atoms with E-state index in [4.69, 9.17) is 0 Å². The lowest BCUT2D eigenvalue weighted by molar-refractivity contribution is -0.248. The highest BCUT2D eigenvalue weighted by Crippen LogP contribution is 2.03. The van der Waals surface area contributed by atoms with Crippen molar-refractivity contribution in [1.82, 2.24) is 0 Å². The van der Waals surface area contributed by atoms with E-state index in [0.29, 0.717) is 11.9 Å². The van der Waals surface area contributed by atoms with Crippen LogP contribution >= 0.6 is 11.9 Å². The first-order chi connectivity index (χ1) is 3.89. The van der Waals surface area contributed by atoms with E-state index in [2.05, 4.69) is 0 Å². The van der Waals surface area contributed by atoms with Gasteiger partial charge in [0, 0.05) is 11.5 Å². The summed E-state index contributed by atoms with van der Waals surface area (Å²) in [6, 6.07) is 0. The summed E-state index contributed by atoms with van der Waals surface area (Å²) in [7, 11) is 0. The molecule has 1 rings (SSSR count). The minimum atomic E-state index is 0.683. The van der Waals surface area contributed by atoms with Crippen LogP contribution in [0.2, 0.25) is 0 Å². The Labute approximate surface area is 51.9 Å². The number of hydrogen-bond donors (Lipinski definition) is 1. The molecule has 3 heteroatoms.